The Bertz CT molecular complexity index is 854. The van der Waals surface area contributed by atoms with Gasteiger partial charge in [-0.05, 0) is 32.6 Å². The third kappa shape index (κ3) is 8.93. The van der Waals surface area contributed by atoms with Crippen molar-refractivity contribution in [2.24, 2.45) is 12.0 Å². The molecule has 0 aliphatic carbocycles. The summed E-state index contributed by atoms with van der Waals surface area (Å²) >= 11 is 0. The Morgan fingerprint density at radius 3 is 2.55 bits per heavy atom. The van der Waals surface area contributed by atoms with E-state index in [4.69, 9.17) is 4.74 Å². The molecule has 31 heavy (non-hydrogen) atoms. The van der Waals surface area contributed by atoms with Crippen molar-refractivity contribution < 1.29 is 17.9 Å². The van der Waals surface area contributed by atoms with Gasteiger partial charge in [-0.15, -0.1) is 24.0 Å². The number of alkyl halides is 3. The lowest BCUT2D eigenvalue weighted by Crippen LogP contribution is -2.41. The molecule has 1 aromatic heterocycles. The molecule has 0 fully saturated rings. The van der Waals surface area contributed by atoms with E-state index in [2.05, 4.69) is 25.6 Å². The Balaban J connectivity index is 0.00000480. The standard InChI is InChI=1S/C20H29F3N6O.HI/c1-14-6-7-15(18(8-14)30-13-20(21,22)23)9-25-19(24-2)26-11-17(28(3)4)16-10-27-29(5)12-16;/h6-8,10,12,17H,9,11,13H2,1-5H3,(H2,24,25,26);1H. The summed E-state index contributed by atoms with van der Waals surface area (Å²) in [6.07, 6.45) is -0.613. The second-order valence-corrected chi connectivity index (χ2v) is 7.25. The van der Waals surface area contributed by atoms with Gasteiger partial charge in [0.15, 0.2) is 12.6 Å². The summed E-state index contributed by atoms with van der Waals surface area (Å²) in [6, 6.07) is 5.25. The molecule has 0 spiro atoms. The summed E-state index contributed by atoms with van der Waals surface area (Å²) in [4.78, 5) is 6.27. The molecule has 0 aliphatic heterocycles. The van der Waals surface area contributed by atoms with Gasteiger partial charge in [-0.3, -0.25) is 9.67 Å². The van der Waals surface area contributed by atoms with Crippen molar-refractivity contribution in [3.63, 3.8) is 0 Å². The first kappa shape index (κ1) is 27.0. The fraction of sp³-hybridized carbons (Fsp3) is 0.500. The lowest BCUT2D eigenvalue weighted by atomic mass is 10.1. The molecule has 0 saturated carbocycles. The van der Waals surface area contributed by atoms with Crippen LogP contribution >= 0.6 is 24.0 Å². The zero-order valence-electron chi connectivity index (χ0n) is 18.3. The predicted octanol–water partition coefficient (Wildman–Crippen LogP) is 3.26. The van der Waals surface area contributed by atoms with Gasteiger partial charge in [0.05, 0.1) is 12.2 Å². The Kier molecular flexibility index (Phi) is 10.6. The highest BCUT2D eigenvalue weighted by atomic mass is 127. The number of benzene rings is 1. The third-order valence-corrected chi connectivity index (χ3v) is 4.48. The number of halogens is 4. The molecule has 2 N–H and O–H groups in total. The van der Waals surface area contributed by atoms with Gasteiger partial charge in [-0.1, -0.05) is 12.1 Å². The van der Waals surface area contributed by atoms with E-state index < -0.39 is 12.8 Å². The second kappa shape index (κ2) is 12.1. The highest BCUT2D eigenvalue weighted by Crippen LogP contribution is 2.23. The molecule has 0 amide bonds. The summed E-state index contributed by atoms with van der Waals surface area (Å²) in [5, 5.41) is 10.6. The molecular weight excluding hydrogens is 524 g/mol. The van der Waals surface area contributed by atoms with E-state index in [1.54, 1.807) is 30.8 Å². The van der Waals surface area contributed by atoms with Crippen LogP contribution in [0.1, 0.15) is 22.7 Å². The van der Waals surface area contributed by atoms with E-state index in [0.717, 1.165) is 11.1 Å². The van der Waals surface area contributed by atoms with Crippen molar-refractivity contribution in [1.82, 2.24) is 25.3 Å². The molecule has 11 heteroatoms. The molecule has 0 radical (unpaired) electrons. The molecule has 1 unspecified atom stereocenters. The third-order valence-electron chi connectivity index (χ3n) is 4.48. The van der Waals surface area contributed by atoms with Gasteiger partial charge < -0.3 is 20.3 Å². The van der Waals surface area contributed by atoms with Crippen molar-refractivity contribution in [2.45, 2.75) is 25.7 Å². The molecule has 7 nitrogen and oxygen atoms in total. The van der Waals surface area contributed by atoms with Gasteiger partial charge >= 0.3 is 6.18 Å². The summed E-state index contributed by atoms with van der Waals surface area (Å²) in [5.41, 5.74) is 2.50. The van der Waals surface area contributed by atoms with Crippen molar-refractivity contribution >= 4 is 29.9 Å². The number of aliphatic imine (C=N–C) groups is 1. The quantitative estimate of drug-likeness (QED) is 0.298. The Hall–Kier alpha value is -2.02. The summed E-state index contributed by atoms with van der Waals surface area (Å²) < 4.78 is 44.4. The Morgan fingerprint density at radius 1 is 1.29 bits per heavy atom. The number of guanidine groups is 1. The Morgan fingerprint density at radius 2 is 2.00 bits per heavy atom. The molecular formula is C20H30F3IN6O. The summed E-state index contributed by atoms with van der Waals surface area (Å²) in [5.74, 6) is 0.741. The maximum atomic E-state index is 12.5. The number of aryl methyl sites for hydroxylation is 2. The SMILES string of the molecule is CN=C(NCc1ccc(C)cc1OCC(F)(F)F)NCC(c1cnn(C)c1)N(C)C.I. The molecule has 0 saturated heterocycles. The zero-order valence-corrected chi connectivity index (χ0v) is 20.7. The average Bonchev–Trinajstić information content (AvgIpc) is 3.08. The van der Waals surface area contributed by atoms with Crippen LogP contribution < -0.4 is 15.4 Å². The summed E-state index contributed by atoms with van der Waals surface area (Å²) in [6.45, 7) is 1.32. The predicted molar refractivity (Wildman–Crippen MR) is 126 cm³/mol. The maximum absolute atomic E-state index is 12.5. The first-order valence-corrected chi connectivity index (χ1v) is 9.47. The normalized spacial score (nSPS) is 13.0. The van der Waals surface area contributed by atoms with Gasteiger partial charge in [0.25, 0.3) is 0 Å². The van der Waals surface area contributed by atoms with Gasteiger partial charge in [0.1, 0.15) is 5.75 Å². The van der Waals surface area contributed by atoms with Crippen LogP contribution in [0.5, 0.6) is 5.75 Å². The highest BCUT2D eigenvalue weighted by Gasteiger charge is 2.28. The van der Waals surface area contributed by atoms with E-state index in [1.165, 1.54) is 0 Å². The molecule has 0 aliphatic rings. The van der Waals surface area contributed by atoms with Gasteiger partial charge in [0.2, 0.25) is 0 Å². The minimum absolute atomic E-state index is 0. The maximum Gasteiger partial charge on any atom is 0.422 e. The molecule has 174 valence electrons. The van der Waals surface area contributed by atoms with Crippen LogP contribution in [0.3, 0.4) is 0 Å². The largest absolute Gasteiger partial charge is 0.484 e. The van der Waals surface area contributed by atoms with Crippen LogP contribution in [-0.2, 0) is 13.6 Å². The van der Waals surface area contributed by atoms with E-state index in [-0.39, 0.29) is 42.3 Å². The van der Waals surface area contributed by atoms with Crippen LogP contribution in [0.2, 0.25) is 0 Å². The van der Waals surface area contributed by atoms with Crippen LogP contribution in [-0.4, -0.2) is 61.1 Å². The monoisotopic (exact) mass is 554 g/mol. The van der Waals surface area contributed by atoms with Crippen LogP contribution in [0, 0.1) is 6.92 Å². The number of ether oxygens (including phenoxy) is 1. The van der Waals surface area contributed by atoms with E-state index in [9.17, 15) is 13.2 Å². The second-order valence-electron chi connectivity index (χ2n) is 7.25. The molecule has 1 heterocycles. The van der Waals surface area contributed by atoms with Gasteiger partial charge in [0, 0.05) is 44.5 Å². The number of hydrogen-bond donors (Lipinski definition) is 2. The van der Waals surface area contributed by atoms with Crippen molar-refractivity contribution in [3.05, 3.63) is 47.3 Å². The molecule has 1 aromatic carbocycles. The number of aromatic nitrogens is 2. The first-order chi connectivity index (χ1) is 14.1. The molecule has 1 atom stereocenters. The topological polar surface area (TPSA) is 66.7 Å². The van der Waals surface area contributed by atoms with E-state index in [0.29, 0.717) is 18.1 Å². The van der Waals surface area contributed by atoms with E-state index >= 15 is 0 Å². The zero-order chi connectivity index (χ0) is 22.3. The average molecular weight is 554 g/mol. The lowest BCUT2D eigenvalue weighted by Gasteiger charge is -2.24. The first-order valence-electron chi connectivity index (χ1n) is 9.47. The van der Waals surface area contributed by atoms with Crippen LogP contribution in [0.25, 0.3) is 0 Å². The van der Waals surface area contributed by atoms with Gasteiger partial charge in [-0.2, -0.15) is 18.3 Å². The summed E-state index contributed by atoms with van der Waals surface area (Å²) in [7, 11) is 7.46. The van der Waals surface area contributed by atoms with Crippen molar-refractivity contribution in [1.29, 1.82) is 0 Å². The fourth-order valence-corrected chi connectivity index (χ4v) is 2.91. The Labute approximate surface area is 198 Å². The number of nitrogens with zero attached hydrogens (tertiary/aromatic N) is 4. The molecule has 2 rings (SSSR count). The number of hydrogen-bond acceptors (Lipinski definition) is 4. The van der Waals surface area contributed by atoms with Crippen LogP contribution in [0.4, 0.5) is 13.2 Å². The minimum Gasteiger partial charge on any atom is -0.484 e. The number of nitrogens with one attached hydrogen (secondary N) is 2. The van der Waals surface area contributed by atoms with E-state index in [1.807, 2.05) is 39.6 Å². The van der Waals surface area contributed by atoms with Crippen molar-refractivity contribution in [2.75, 3.05) is 34.3 Å². The fourth-order valence-electron chi connectivity index (χ4n) is 2.91. The highest BCUT2D eigenvalue weighted by molar-refractivity contribution is 14.0. The molecule has 0 bridgehead atoms. The lowest BCUT2D eigenvalue weighted by molar-refractivity contribution is -0.153. The number of likely N-dealkylation sites (N-methyl/N-ethyl adjacent to an activating group) is 1. The molecule has 2 aromatic rings. The van der Waals surface area contributed by atoms with Crippen molar-refractivity contribution in [3.8, 4) is 5.75 Å². The minimum atomic E-state index is -4.39. The van der Waals surface area contributed by atoms with Crippen LogP contribution in [0.15, 0.2) is 35.6 Å². The number of rotatable bonds is 8. The smallest absolute Gasteiger partial charge is 0.422 e. The van der Waals surface area contributed by atoms with Gasteiger partial charge in [-0.25, -0.2) is 0 Å².